The van der Waals surface area contributed by atoms with E-state index in [0.717, 1.165) is 22.2 Å². The Bertz CT molecular complexity index is 928. The molecule has 1 amide bonds. The molecule has 122 valence electrons. The molecular weight excluding hydrogens is 304 g/mol. The molecule has 0 fully saturated rings. The minimum atomic E-state index is -0.280. The Kier molecular flexibility index (Phi) is 4.29. The standard InChI is InChI=1S/C18H18N4O2/c1-12-9-13(2)22(21-12)11-18(24)20-19-10-16-15-6-4-3-5-14(15)7-8-17(16)23/h3-10,23H,11H2,1-2H3,(H,20,24). The zero-order valence-corrected chi connectivity index (χ0v) is 13.5. The quantitative estimate of drug-likeness (QED) is 0.572. The van der Waals surface area contributed by atoms with Gasteiger partial charge in [-0.2, -0.15) is 10.2 Å². The van der Waals surface area contributed by atoms with Gasteiger partial charge in [-0.25, -0.2) is 5.43 Å². The Morgan fingerprint density at radius 1 is 1.29 bits per heavy atom. The van der Waals surface area contributed by atoms with E-state index >= 15 is 0 Å². The summed E-state index contributed by atoms with van der Waals surface area (Å²) < 4.78 is 1.62. The second kappa shape index (κ2) is 6.54. The van der Waals surface area contributed by atoms with Crippen molar-refractivity contribution in [3.63, 3.8) is 0 Å². The zero-order valence-electron chi connectivity index (χ0n) is 13.5. The molecule has 24 heavy (non-hydrogen) atoms. The molecule has 6 nitrogen and oxygen atoms in total. The monoisotopic (exact) mass is 322 g/mol. The van der Waals surface area contributed by atoms with Gasteiger partial charge in [0.15, 0.2) is 0 Å². The van der Waals surface area contributed by atoms with E-state index in [2.05, 4.69) is 15.6 Å². The number of phenols is 1. The number of aromatic hydroxyl groups is 1. The summed E-state index contributed by atoms with van der Waals surface area (Å²) in [6, 6.07) is 13.0. The fourth-order valence-corrected chi connectivity index (χ4v) is 2.59. The number of hydrogen-bond acceptors (Lipinski definition) is 4. The maximum Gasteiger partial charge on any atom is 0.261 e. The van der Waals surface area contributed by atoms with E-state index in [1.165, 1.54) is 6.21 Å². The molecule has 1 aromatic heterocycles. The third-order valence-electron chi connectivity index (χ3n) is 3.73. The van der Waals surface area contributed by atoms with Crippen molar-refractivity contribution >= 4 is 22.9 Å². The number of nitrogens with one attached hydrogen (secondary N) is 1. The molecule has 3 aromatic rings. The van der Waals surface area contributed by atoms with Crippen LogP contribution < -0.4 is 5.43 Å². The van der Waals surface area contributed by atoms with Crippen molar-refractivity contribution in [1.82, 2.24) is 15.2 Å². The molecule has 2 N–H and O–H groups in total. The Hall–Kier alpha value is -3.15. The normalized spacial score (nSPS) is 11.2. The topological polar surface area (TPSA) is 79.5 Å². The number of rotatable bonds is 4. The molecule has 2 aromatic carbocycles. The fourth-order valence-electron chi connectivity index (χ4n) is 2.59. The summed E-state index contributed by atoms with van der Waals surface area (Å²) in [5.41, 5.74) is 4.82. The van der Waals surface area contributed by atoms with Crippen LogP contribution in [0.4, 0.5) is 0 Å². The minimum Gasteiger partial charge on any atom is -0.507 e. The SMILES string of the molecule is Cc1cc(C)n(CC(=O)NN=Cc2c(O)ccc3ccccc23)n1. The Morgan fingerprint density at radius 3 is 2.83 bits per heavy atom. The number of aromatic nitrogens is 2. The first-order valence-electron chi connectivity index (χ1n) is 7.58. The first-order chi connectivity index (χ1) is 11.5. The first-order valence-corrected chi connectivity index (χ1v) is 7.58. The van der Waals surface area contributed by atoms with E-state index in [1.54, 1.807) is 10.7 Å². The highest BCUT2D eigenvalue weighted by atomic mass is 16.3. The van der Waals surface area contributed by atoms with Gasteiger partial charge in [-0.3, -0.25) is 9.48 Å². The zero-order chi connectivity index (χ0) is 17.1. The maximum absolute atomic E-state index is 12.0. The number of phenolic OH excluding ortho intramolecular Hbond substituents is 1. The lowest BCUT2D eigenvalue weighted by Crippen LogP contribution is -2.24. The summed E-state index contributed by atoms with van der Waals surface area (Å²) in [6.07, 6.45) is 1.46. The van der Waals surface area contributed by atoms with E-state index in [1.807, 2.05) is 50.2 Å². The van der Waals surface area contributed by atoms with Crippen LogP contribution in [0.15, 0.2) is 47.6 Å². The van der Waals surface area contributed by atoms with E-state index in [4.69, 9.17) is 0 Å². The highest BCUT2D eigenvalue weighted by Gasteiger charge is 2.07. The van der Waals surface area contributed by atoms with Crippen LogP contribution in [0.2, 0.25) is 0 Å². The molecule has 3 rings (SSSR count). The van der Waals surface area contributed by atoms with Crippen LogP contribution >= 0.6 is 0 Å². The smallest absolute Gasteiger partial charge is 0.261 e. The van der Waals surface area contributed by atoms with Crippen molar-refractivity contribution in [1.29, 1.82) is 0 Å². The second-order valence-electron chi connectivity index (χ2n) is 5.60. The molecule has 0 radical (unpaired) electrons. The predicted molar refractivity (Wildman–Crippen MR) is 93.1 cm³/mol. The third kappa shape index (κ3) is 3.27. The van der Waals surface area contributed by atoms with Crippen molar-refractivity contribution in [2.75, 3.05) is 0 Å². The number of amides is 1. The maximum atomic E-state index is 12.0. The van der Waals surface area contributed by atoms with Gasteiger partial charge in [0.2, 0.25) is 0 Å². The molecule has 1 heterocycles. The molecule has 6 heteroatoms. The Morgan fingerprint density at radius 2 is 2.08 bits per heavy atom. The molecular formula is C18H18N4O2. The van der Waals surface area contributed by atoms with E-state index in [9.17, 15) is 9.90 Å². The van der Waals surface area contributed by atoms with E-state index in [-0.39, 0.29) is 18.2 Å². The van der Waals surface area contributed by atoms with Gasteiger partial charge in [0.1, 0.15) is 12.3 Å². The minimum absolute atomic E-state index is 0.0958. The highest BCUT2D eigenvalue weighted by molar-refractivity contribution is 6.02. The number of carbonyl (C=O) groups is 1. The average molecular weight is 322 g/mol. The van der Waals surface area contributed by atoms with Gasteiger partial charge in [0, 0.05) is 11.3 Å². The van der Waals surface area contributed by atoms with Crippen molar-refractivity contribution in [2.24, 2.45) is 5.10 Å². The number of aryl methyl sites for hydroxylation is 2. The Balaban J connectivity index is 1.74. The molecule has 0 saturated carbocycles. The fraction of sp³-hybridized carbons (Fsp3) is 0.167. The van der Waals surface area contributed by atoms with Crippen LogP contribution in [0.1, 0.15) is 17.0 Å². The highest BCUT2D eigenvalue weighted by Crippen LogP contribution is 2.25. The molecule has 0 aliphatic carbocycles. The summed E-state index contributed by atoms with van der Waals surface area (Å²) in [5.74, 6) is -0.164. The van der Waals surface area contributed by atoms with Crippen LogP contribution in [-0.4, -0.2) is 27.0 Å². The predicted octanol–water partition coefficient (Wildman–Crippen LogP) is 2.51. The Labute approximate surface area is 139 Å². The van der Waals surface area contributed by atoms with Crippen molar-refractivity contribution in [2.45, 2.75) is 20.4 Å². The lowest BCUT2D eigenvalue weighted by atomic mass is 10.0. The largest absolute Gasteiger partial charge is 0.507 e. The first kappa shape index (κ1) is 15.7. The van der Waals surface area contributed by atoms with Gasteiger partial charge < -0.3 is 5.11 Å². The lowest BCUT2D eigenvalue weighted by molar-refractivity contribution is -0.121. The summed E-state index contributed by atoms with van der Waals surface area (Å²) >= 11 is 0. The van der Waals surface area contributed by atoms with Crippen LogP contribution in [0.5, 0.6) is 5.75 Å². The molecule has 0 unspecified atom stereocenters. The summed E-state index contributed by atoms with van der Waals surface area (Å²) in [5, 5.41) is 20.1. The van der Waals surface area contributed by atoms with E-state index in [0.29, 0.717) is 5.56 Å². The number of nitrogens with zero attached hydrogens (tertiary/aromatic N) is 3. The summed E-state index contributed by atoms with van der Waals surface area (Å²) in [7, 11) is 0. The number of carbonyl (C=O) groups excluding carboxylic acids is 1. The molecule has 0 saturated heterocycles. The van der Waals surface area contributed by atoms with Crippen molar-refractivity contribution < 1.29 is 9.90 Å². The number of hydrazone groups is 1. The van der Waals surface area contributed by atoms with Crippen LogP contribution in [0, 0.1) is 13.8 Å². The van der Waals surface area contributed by atoms with Crippen LogP contribution in [0.25, 0.3) is 10.8 Å². The molecule has 0 spiro atoms. The number of benzene rings is 2. The molecule has 0 atom stereocenters. The summed E-state index contributed by atoms with van der Waals surface area (Å²) in [6.45, 7) is 3.87. The van der Waals surface area contributed by atoms with Crippen LogP contribution in [-0.2, 0) is 11.3 Å². The van der Waals surface area contributed by atoms with Gasteiger partial charge >= 0.3 is 0 Å². The van der Waals surface area contributed by atoms with Crippen molar-refractivity contribution in [3.05, 3.63) is 59.4 Å². The molecule has 0 aliphatic heterocycles. The van der Waals surface area contributed by atoms with Crippen molar-refractivity contribution in [3.8, 4) is 5.75 Å². The average Bonchev–Trinajstić information content (AvgIpc) is 2.87. The van der Waals surface area contributed by atoms with Crippen LogP contribution in [0.3, 0.4) is 0 Å². The van der Waals surface area contributed by atoms with Gasteiger partial charge in [-0.15, -0.1) is 0 Å². The lowest BCUT2D eigenvalue weighted by Gasteiger charge is -2.05. The molecule has 0 bridgehead atoms. The second-order valence-corrected chi connectivity index (χ2v) is 5.60. The third-order valence-corrected chi connectivity index (χ3v) is 3.73. The van der Waals surface area contributed by atoms with E-state index < -0.39 is 0 Å². The van der Waals surface area contributed by atoms with Gasteiger partial charge in [-0.1, -0.05) is 30.3 Å². The van der Waals surface area contributed by atoms with Gasteiger partial charge in [0.25, 0.3) is 5.91 Å². The number of hydrogen-bond donors (Lipinski definition) is 2. The van der Waals surface area contributed by atoms with Gasteiger partial charge in [-0.05, 0) is 36.8 Å². The molecule has 0 aliphatic rings. The summed E-state index contributed by atoms with van der Waals surface area (Å²) in [4.78, 5) is 12.0. The van der Waals surface area contributed by atoms with Gasteiger partial charge in [0.05, 0.1) is 11.9 Å². The number of fused-ring (bicyclic) bond motifs is 1.